The molecule has 2 nitrogen and oxygen atoms in total. The van der Waals surface area contributed by atoms with E-state index in [-0.39, 0.29) is 6.10 Å². The molecule has 2 saturated carbocycles. The number of nitrogens with one attached hydrogen (secondary N) is 1. The van der Waals surface area contributed by atoms with E-state index < -0.39 is 0 Å². The number of aliphatic hydroxyl groups excluding tert-OH is 1. The van der Waals surface area contributed by atoms with Gasteiger partial charge in [-0.05, 0) is 38.1 Å². The monoisotopic (exact) mass is 141 g/mol. The second-order valence-electron chi connectivity index (χ2n) is 3.67. The zero-order chi connectivity index (χ0) is 6.97. The molecule has 0 atom stereocenters. The fourth-order valence-electron chi connectivity index (χ4n) is 1.49. The minimum absolute atomic E-state index is 0.0194. The minimum atomic E-state index is 0.0194. The first-order valence-electron chi connectivity index (χ1n) is 4.26. The summed E-state index contributed by atoms with van der Waals surface area (Å²) < 4.78 is 0. The van der Waals surface area contributed by atoms with Crippen LogP contribution in [0.1, 0.15) is 25.7 Å². The topological polar surface area (TPSA) is 32.3 Å². The van der Waals surface area contributed by atoms with E-state index in [1.165, 1.54) is 12.8 Å². The number of hydrogen-bond donors (Lipinski definition) is 2. The van der Waals surface area contributed by atoms with Crippen LogP contribution in [-0.2, 0) is 0 Å². The molecule has 2 fully saturated rings. The Hall–Kier alpha value is -0.0800. The van der Waals surface area contributed by atoms with E-state index in [0.717, 1.165) is 31.3 Å². The standard InChI is InChI=1S/C8H15NO/c10-8-3-6(4-8)5-9-7-1-2-7/h6-10H,1-5H2. The van der Waals surface area contributed by atoms with Crippen molar-refractivity contribution in [2.24, 2.45) is 5.92 Å². The van der Waals surface area contributed by atoms with E-state index in [1.54, 1.807) is 0 Å². The van der Waals surface area contributed by atoms with Crippen molar-refractivity contribution >= 4 is 0 Å². The lowest BCUT2D eigenvalue weighted by Gasteiger charge is -2.31. The predicted molar refractivity (Wildman–Crippen MR) is 39.8 cm³/mol. The van der Waals surface area contributed by atoms with Gasteiger partial charge in [-0.3, -0.25) is 0 Å². The lowest BCUT2D eigenvalue weighted by Crippen LogP contribution is -2.36. The van der Waals surface area contributed by atoms with Crippen LogP contribution in [0.2, 0.25) is 0 Å². The van der Waals surface area contributed by atoms with Gasteiger partial charge in [0.1, 0.15) is 0 Å². The van der Waals surface area contributed by atoms with Crippen LogP contribution in [0.25, 0.3) is 0 Å². The largest absolute Gasteiger partial charge is 0.393 e. The fourth-order valence-corrected chi connectivity index (χ4v) is 1.49. The molecule has 2 aliphatic carbocycles. The first-order chi connectivity index (χ1) is 4.84. The highest BCUT2D eigenvalue weighted by molar-refractivity contribution is 4.85. The van der Waals surface area contributed by atoms with Gasteiger partial charge in [-0.25, -0.2) is 0 Å². The third kappa shape index (κ3) is 1.50. The van der Waals surface area contributed by atoms with Gasteiger partial charge in [0.15, 0.2) is 0 Å². The van der Waals surface area contributed by atoms with Crippen molar-refractivity contribution in [1.29, 1.82) is 0 Å². The molecule has 2 aliphatic rings. The van der Waals surface area contributed by atoms with Gasteiger partial charge in [0.05, 0.1) is 6.10 Å². The van der Waals surface area contributed by atoms with Gasteiger partial charge < -0.3 is 10.4 Å². The molecule has 0 aromatic rings. The molecule has 0 unspecified atom stereocenters. The van der Waals surface area contributed by atoms with Gasteiger partial charge in [0.2, 0.25) is 0 Å². The van der Waals surface area contributed by atoms with Crippen LogP contribution in [0.15, 0.2) is 0 Å². The predicted octanol–water partition coefficient (Wildman–Crippen LogP) is 0.509. The molecule has 0 saturated heterocycles. The van der Waals surface area contributed by atoms with Crippen molar-refractivity contribution in [2.45, 2.75) is 37.8 Å². The highest BCUT2D eigenvalue weighted by Gasteiger charge is 2.29. The molecule has 0 spiro atoms. The van der Waals surface area contributed by atoms with E-state index in [0.29, 0.717) is 0 Å². The van der Waals surface area contributed by atoms with Crippen LogP contribution in [0.5, 0.6) is 0 Å². The summed E-state index contributed by atoms with van der Waals surface area (Å²) in [6, 6.07) is 0.831. The molecule has 0 amide bonds. The van der Waals surface area contributed by atoms with Crippen LogP contribution in [0.4, 0.5) is 0 Å². The van der Waals surface area contributed by atoms with Gasteiger partial charge in [0.25, 0.3) is 0 Å². The second kappa shape index (κ2) is 2.51. The van der Waals surface area contributed by atoms with E-state index in [4.69, 9.17) is 5.11 Å². The third-order valence-electron chi connectivity index (χ3n) is 2.48. The van der Waals surface area contributed by atoms with Crippen molar-refractivity contribution in [2.75, 3.05) is 6.54 Å². The van der Waals surface area contributed by atoms with Gasteiger partial charge in [-0.15, -0.1) is 0 Å². The molecular formula is C8H15NO. The first kappa shape index (κ1) is 6.62. The van der Waals surface area contributed by atoms with Crippen LogP contribution in [-0.4, -0.2) is 23.8 Å². The Labute approximate surface area is 61.6 Å². The van der Waals surface area contributed by atoms with E-state index >= 15 is 0 Å². The molecule has 2 rings (SSSR count). The average Bonchev–Trinajstić information content (AvgIpc) is 2.60. The molecule has 58 valence electrons. The van der Waals surface area contributed by atoms with E-state index in [1.807, 2.05) is 0 Å². The van der Waals surface area contributed by atoms with Gasteiger partial charge >= 0.3 is 0 Å². The molecule has 2 heteroatoms. The van der Waals surface area contributed by atoms with Gasteiger partial charge in [-0.1, -0.05) is 0 Å². The highest BCUT2D eigenvalue weighted by atomic mass is 16.3. The van der Waals surface area contributed by atoms with Crippen molar-refractivity contribution < 1.29 is 5.11 Å². The Balaban J connectivity index is 1.54. The zero-order valence-corrected chi connectivity index (χ0v) is 6.21. The quantitative estimate of drug-likeness (QED) is 0.600. The number of aliphatic hydroxyl groups is 1. The Morgan fingerprint density at radius 3 is 2.50 bits per heavy atom. The first-order valence-corrected chi connectivity index (χ1v) is 4.26. The fraction of sp³-hybridized carbons (Fsp3) is 1.00. The Morgan fingerprint density at radius 1 is 1.30 bits per heavy atom. The summed E-state index contributed by atoms with van der Waals surface area (Å²) in [4.78, 5) is 0. The Kier molecular flexibility index (Phi) is 1.66. The van der Waals surface area contributed by atoms with E-state index in [9.17, 15) is 0 Å². The molecule has 0 aliphatic heterocycles. The lowest BCUT2D eigenvalue weighted by atomic mass is 9.82. The van der Waals surface area contributed by atoms with Crippen molar-refractivity contribution in [3.63, 3.8) is 0 Å². The molecular weight excluding hydrogens is 126 g/mol. The van der Waals surface area contributed by atoms with Crippen molar-refractivity contribution in [1.82, 2.24) is 5.32 Å². The maximum Gasteiger partial charge on any atom is 0.0546 e. The Morgan fingerprint density at radius 2 is 2.00 bits per heavy atom. The molecule has 0 bridgehead atoms. The lowest BCUT2D eigenvalue weighted by molar-refractivity contribution is 0.0429. The van der Waals surface area contributed by atoms with Crippen molar-refractivity contribution in [3.05, 3.63) is 0 Å². The summed E-state index contributed by atoms with van der Waals surface area (Å²) in [7, 11) is 0. The summed E-state index contributed by atoms with van der Waals surface area (Å²) in [5.41, 5.74) is 0. The van der Waals surface area contributed by atoms with E-state index in [2.05, 4.69) is 5.32 Å². The molecule has 0 aromatic carbocycles. The summed E-state index contributed by atoms with van der Waals surface area (Å²) in [6.45, 7) is 1.14. The molecule has 0 heterocycles. The van der Waals surface area contributed by atoms with Crippen LogP contribution < -0.4 is 5.32 Å². The second-order valence-corrected chi connectivity index (χ2v) is 3.67. The number of hydrogen-bond acceptors (Lipinski definition) is 2. The zero-order valence-electron chi connectivity index (χ0n) is 6.21. The highest BCUT2D eigenvalue weighted by Crippen LogP contribution is 2.27. The maximum atomic E-state index is 8.97. The molecule has 2 N–H and O–H groups in total. The third-order valence-corrected chi connectivity index (χ3v) is 2.48. The van der Waals surface area contributed by atoms with Gasteiger partial charge in [-0.2, -0.15) is 0 Å². The van der Waals surface area contributed by atoms with Gasteiger partial charge in [0, 0.05) is 6.04 Å². The SMILES string of the molecule is OC1CC(CNC2CC2)C1. The summed E-state index contributed by atoms with van der Waals surface area (Å²) in [5, 5.41) is 12.4. The van der Waals surface area contributed by atoms with Crippen LogP contribution in [0.3, 0.4) is 0 Å². The van der Waals surface area contributed by atoms with Crippen LogP contribution >= 0.6 is 0 Å². The maximum absolute atomic E-state index is 8.97. The molecule has 0 aromatic heterocycles. The molecule has 0 radical (unpaired) electrons. The summed E-state index contributed by atoms with van der Waals surface area (Å²) >= 11 is 0. The van der Waals surface area contributed by atoms with Crippen LogP contribution in [0, 0.1) is 5.92 Å². The Bertz CT molecular complexity index is 116. The summed E-state index contributed by atoms with van der Waals surface area (Å²) in [6.07, 6.45) is 4.82. The smallest absolute Gasteiger partial charge is 0.0546 e. The normalized spacial score (nSPS) is 39.3. The number of rotatable bonds is 3. The molecule has 10 heavy (non-hydrogen) atoms. The van der Waals surface area contributed by atoms with Crippen molar-refractivity contribution in [3.8, 4) is 0 Å². The summed E-state index contributed by atoms with van der Waals surface area (Å²) in [5.74, 6) is 0.774. The average molecular weight is 141 g/mol. The minimum Gasteiger partial charge on any atom is -0.393 e.